The van der Waals surface area contributed by atoms with E-state index in [4.69, 9.17) is 0 Å². The Bertz CT molecular complexity index is 392. The van der Waals surface area contributed by atoms with Gasteiger partial charge in [0.25, 0.3) is 0 Å². The summed E-state index contributed by atoms with van der Waals surface area (Å²) in [6.45, 7) is 13.6. The van der Waals surface area contributed by atoms with Gasteiger partial charge in [-0.25, -0.2) is 0 Å². The molecule has 21 heavy (non-hydrogen) atoms. The minimum absolute atomic E-state index is 0.120. The van der Waals surface area contributed by atoms with E-state index in [-0.39, 0.29) is 17.6 Å². The molecule has 0 fully saturated rings. The molecule has 4 radical (unpaired) electrons. The Labute approximate surface area is 145 Å². The fourth-order valence-electron chi connectivity index (χ4n) is 1.21. The average Bonchev–Trinajstić information content (AvgIpc) is 2.40. The van der Waals surface area contributed by atoms with Gasteiger partial charge in [0.2, 0.25) is 0 Å². The van der Waals surface area contributed by atoms with Gasteiger partial charge < -0.3 is 0 Å². The van der Waals surface area contributed by atoms with Gasteiger partial charge in [-0.15, -0.1) is 0 Å². The molecule has 2 aromatic carbocycles. The Balaban J connectivity index is 0.000000421. The van der Waals surface area contributed by atoms with Gasteiger partial charge >= 0.3 is 89.0 Å². The first-order chi connectivity index (χ1) is 9.91. The monoisotopic (exact) mass is 420 g/mol. The van der Waals surface area contributed by atoms with Crippen molar-refractivity contribution in [3.05, 3.63) is 60.7 Å². The predicted octanol–water partition coefficient (Wildman–Crippen LogP) is 4.08. The Kier molecular flexibility index (Phi) is 13.1. The van der Waals surface area contributed by atoms with E-state index in [9.17, 15) is 0 Å². The molecule has 0 aliphatic rings. The number of hydrogen-bond donors (Lipinski definition) is 0. The molecule has 0 aliphatic heterocycles. The Morgan fingerprint density at radius 2 is 0.762 bits per heavy atom. The topological polar surface area (TPSA) is 0 Å². The summed E-state index contributed by atoms with van der Waals surface area (Å²) in [5.41, 5.74) is 0. The quantitative estimate of drug-likeness (QED) is 0.644. The summed E-state index contributed by atoms with van der Waals surface area (Å²) in [4.78, 5) is 0. The van der Waals surface area contributed by atoms with Crippen LogP contribution in [0.5, 0.6) is 0 Å². The van der Waals surface area contributed by atoms with Crippen molar-refractivity contribution in [2.45, 2.75) is 39.3 Å². The van der Waals surface area contributed by atoms with Crippen LogP contribution in [0.3, 0.4) is 0 Å². The second-order valence-electron chi connectivity index (χ2n) is 5.86. The van der Waals surface area contributed by atoms with E-state index in [1.165, 1.54) is 7.16 Å². The Morgan fingerprint density at radius 3 is 1.00 bits per heavy atom. The normalized spacial score (nSPS) is 9.52. The van der Waals surface area contributed by atoms with Crippen LogP contribution in [0.2, 0.25) is 39.3 Å². The maximum atomic E-state index is 2.27. The number of rotatable bonds is 2. The molecule has 0 nitrogen and oxygen atoms in total. The summed E-state index contributed by atoms with van der Waals surface area (Å²) < 4.78 is 3.08. The molecular formula is C18H28Si2Sn. The summed E-state index contributed by atoms with van der Waals surface area (Å²) >= 11 is -0.517. The molecule has 0 bridgehead atoms. The zero-order chi connectivity index (χ0) is 16.1. The molecule has 3 heteroatoms. The van der Waals surface area contributed by atoms with Crippen LogP contribution >= 0.6 is 0 Å². The Morgan fingerprint density at radius 1 is 0.524 bits per heavy atom. The standard InChI is InChI=1S/2C6H5.2C3H9Si.Sn/c2*1-2-4-6-5-3-1;2*1-4(2)3;/h2*1-5H;2*1-3H3;. The molecule has 0 N–H and O–H groups in total. The summed E-state index contributed by atoms with van der Waals surface area (Å²) in [6, 6.07) is 21.6. The number of hydrogen-bond acceptors (Lipinski definition) is 0. The van der Waals surface area contributed by atoms with Crippen LogP contribution in [-0.2, 0) is 0 Å². The fourth-order valence-corrected chi connectivity index (χ4v) is 4.21. The zero-order valence-corrected chi connectivity index (χ0v) is 19.1. The first-order valence-corrected chi connectivity index (χ1v) is 16.2. The van der Waals surface area contributed by atoms with Crippen LogP contribution in [0, 0.1) is 0 Å². The van der Waals surface area contributed by atoms with Gasteiger partial charge in [0.05, 0.1) is 0 Å². The fraction of sp³-hybridized carbons (Fsp3) is 0.333. The molecule has 112 valence electrons. The average molecular weight is 419 g/mol. The zero-order valence-electron chi connectivity index (χ0n) is 14.3. The SMILES string of the molecule is C[Si](C)C.C[Si](C)C.c1cc[c]([Sn][c]2ccccc2)cc1. The van der Waals surface area contributed by atoms with Crippen molar-refractivity contribution in [3.63, 3.8) is 0 Å². The molecule has 0 unspecified atom stereocenters. The third-order valence-electron chi connectivity index (χ3n) is 1.84. The molecule has 2 rings (SSSR count). The molecule has 0 spiro atoms. The van der Waals surface area contributed by atoms with Crippen molar-refractivity contribution in [2.75, 3.05) is 0 Å². The van der Waals surface area contributed by atoms with Crippen LogP contribution in [0.4, 0.5) is 0 Å². The van der Waals surface area contributed by atoms with E-state index < -0.39 is 21.1 Å². The van der Waals surface area contributed by atoms with Crippen molar-refractivity contribution >= 4 is 45.9 Å². The van der Waals surface area contributed by atoms with Crippen LogP contribution in [0.25, 0.3) is 0 Å². The van der Waals surface area contributed by atoms with E-state index in [1.807, 2.05) is 0 Å². The first-order valence-electron chi connectivity index (χ1n) is 7.32. The van der Waals surface area contributed by atoms with Crippen molar-refractivity contribution in [3.8, 4) is 0 Å². The summed E-state index contributed by atoms with van der Waals surface area (Å²) in [7, 11) is 0.241. The second-order valence-corrected chi connectivity index (χ2v) is 15.9. The third kappa shape index (κ3) is 15.9. The molecule has 2 aromatic rings. The maximum absolute atomic E-state index is 2.27. The van der Waals surface area contributed by atoms with Crippen molar-refractivity contribution in [1.29, 1.82) is 0 Å². The summed E-state index contributed by atoms with van der Waals surface area (Å²) in [5, 5.41) is 0. The predicted molar refractivity (Wildman–Crippen MR) is 105 cm³/mol. The molecule has 0 saturated heterocycles. The van der Waals surface area contributed by atoms with Crippen LogP contribution in [-0.4, -0.2) is 38.7 Å². The van der Waals surface area contributed by atoms with Gasteiger partial charge in [0.1, 0.15) is 0 Å². The molecule has 0 heterocycles. The molecular weight excluding hydrogens is 391 g/mol. The second kappa shape index (κ2) is 13.3. The van der Waals surface area contributed by atoms with Gasteiger partial charge in [-0.3, -0.25) is 0 Å². The Hall–Kier alpha value is -0.328. The van der Waals surface area contributed by atoms with Crippen LogP contribution in [0.15, 0.2) is 60.7 Å². The van der Waals surface area contributed by atoms with E-state index in [2.05, 4.69) is 99.9 Å². The van der Waals surface area contributed by atoms with Crippen LogP contribution in [0.1, 0.15) is 0 Å². The van der Waals surface area contributed by atoms with E-state index in [0.717, 1.165) is 0 Å². The van der Waals surface area contributed by atoms with Crippen LogP contribution < -0.4 is 7.16 Å². The van der Waals surface area contributed by atoms with Gasteiger partial charge in [0, 0.05) is 17.6 Å². The molecule has 0 atom stereocenters. The minimum atomic E-state index is -0.517. The van der Waals surface area contributed by atoms with Crippen molar-refractivity contribution < 1.29 is 0 Å². The molecule has 0 aliphatic carbocycles. The third-order valence-corrected chi connectivity index (χ3v) is 5.39. The van der Waals surface area contributed by atoms with Crippen molar-refractivity contribution in [2.24, 2.45) is 0 Å². The molecule has 0 saturated carbocycles. The van der Waals surface area contributed by atoms with Gasteiger partial charge in [-0.2, -0.15) is 0 Å². The van der Waals surface area contributed by atoms with Gasteiger partial charge in [-0.1, -0.05) is 39.3 Å². The molecule has 0 amide bonds. The van der Waals surface area contributed by atoms with E-state index in [0.29, 0.717) is 0 Å². The van der Waals surface area contributed by atoms with Crippen molar-refractivity contribution in [1.82, 2.24) is 0 Å². The van der Waals surface area contributed by atoms with E-state index >= 15 is 0 Å². The summed E-state index contributed by atoms with van der Waals surface area (Å²) in [5.74, 6) is 0. The number of benzene rings is 2. The summed E-state index contributed by atoms with van der Waals surface area (Å²) in [6.07, 6.45) is 0. The molecule has 0 aromatic heterocycles. The van der Waals surface area contributed by atoms with E-state index in [1.54, 1.807) is 0 Å². The van der Waals surface area contributed by atoms with Gasteiger partial charge in [0.15, 0.2) is 0 Å². The first kappa shape index (κ1) is 20.7. The van der Waals surface area contributed by atoms with Gasteiger partial charge in [-0.05, 0) is 0 Å².